The zero-order chi connectivity index (χ0) is 26.7. The minimum absolute atomic E-state index is 0.0372. The summed E-state index contributed by atoms with van der Waals surface area (Å²) in [5.41, 5.74) is 6.15. The number of carboxylic acids is 1. The number of carbonyl (C=O) groups is 3. The van der Waals surface area contributed by atoms with E-state index in [1.807, 2.05) is 23.2 Å². The summed E-state index contributed by atoms with van der Waals surface area (Å²) in [7, 11) is 0. The van der Waals surface area contributed by atoms with E-state index in [2.05, 4.69) is 10.3 Å². The number of benzene rings is 1. The molecule has 1 saturated heterocycles. The number of rotatable bonds is 9. The molecule has 4 rings (SSSR count). The molecule has 4 N–H and O–H groups in total. The zero-order valence-electron chi connectivity index (χ0n) is 19.4. The van der Waals surface area contributed by atoms with Crippen molar-refractivity contribution in [1.82, 2.24) is 15.2 Å². The molecule has 2 atom stereocenters. The first-order valence-corrected chi connectivity index (χ1v) is 14.6. The monoisotopic (exact) mass is 598 g/mol. The molecule has 1 aromatic carbocycles. The molecule has 1 aromatic heterocycles. The highest BCUT2D eigenvalue weighted by molar-refractivity contribution is 8.00. The molecular weight excluding hydrogens is 577 g/mol. The predicted octanol–water partition coefficient (Wildman–Crippen LogP) is 3.15. The van der Waals surface area contributed by atoms with Gasteiger partial charge in [0, 0.05) is 28.7 Å². The lowest BCUT2D eigenvalue weighted by molar-refractivity contribution is -0.506. The number of carboxylic acid groups (broad SMARTS) is 1. The van der Waals surface area contributed by atoms with Gasteiger partial charge >= 0.3 is 11.8 Å². The SMILES string of the molecule is Cc1nc(N)cc[n+]1SC/C=C/C1=C(C(=O)O)N2C(=O)[C@@H](NC(=O)CSc3cc(Cl)ccc3Cl)C2SC1. The van der Waals surface area contributed by atoms with Crippen molar-refractivity contribution in [2.24, 2.45) is 0 Å². The molecule has 1 fully saturated rings. The van der Waals surface area contributed by atoms with Gasteiger partial charge in [-0.25, -0.2) is 4.79 Å². The van der Waals surface area contributed by atoms with Crippen molar-refractivity contribution in [3.63, 3.8) is 0 Å². The summed E-state index contributed by atoms with van der Waals surface area (Å²) >= 11 is 16.2. The summed E-state index contributed by atoms with van der Waals surface area (Å²) in [6.07, 6.45) is 5.38. The van der Waals surface area contributed by atoms with Gasteiger partial charge in [0.15, 0.2) is 0 Å². The van der Waals surface area contributed by atoms with Gasteiger partial charge in [-0.15, -0.1) is 23.5 Å². The molecule has 2 aliphatic rings. The number of hydrogen-bond donors (Lipinski definition) is 3. The Kier molecular flexibility index (Phi) is 8.96. The molecule has 1 unspecified atom stereocenters. The van der Waals surface area contributed by atoms with E-state index >= 15 is 0 Å². The van der Waals surface area contributed by atoms with E-state index in [1.54, 1.807) is 30.3 Å². The molecule has 9 nitrogen and oxygen atoms in total. The summed E-state index contributed by atoms with van der Waals surface area (Å²) in [4.78, 5) is 43.5. The van der Waals surface area contributed by atoms with Crippen LogP contribution in [0.2, 0.25) is 10.0 Å². The Hall–Kier alpha value is -2.38. The number of hydrogen-bond acceptors (Lipinski definition) is 8. The smallest absolute Gasteiger partial charge is 0.352 e. The number of nitrogen functional groups attached to an aromatic ring is 1. The van der Waals surface area contributed by atoms with Crippen LogP contribution in [-0.2, 0) is 14.4 Å². The van der Waals surface area contributed by atoms with Gasteiger partial charge in [-0.2, -0.15) is 3.97 Å². The van der Waals surface area contributed by atoms with Gasteiger partial charge in [-0.05, 0) is 28.8 Å². The summed E-state index contributed by atoms with van der Waals surface area (Å²) in [6.45, 7) is 1.84. The Morgan fingerprint density at radius 1 is 1.38 bits per heavy atom. The first-order valence-electron chi connectivity index (χ1n) is 10.9. The number of nitrogens with one attached hydrogen (secondary N) is 1. The van der Waals surface area contributed by atoms with Gasteiger partial charge in [0.1, 0.15) is 23.3 Å². The standard InChI is InChI=1S/C23H21Cl2N5O4S3/c1-12-27-17(26)6-7-29(12)37-8-2-3-13-10-36-22-19(21(32)30(22)20(13)23(33)34)28-18(31)11-35-16-9-14(24)4-5-15(16)25/h2-7,9,19,22,26H,8,10-11H2,1H3,(H2,28,31,33,34)/p+1/b3-2+/t19-,22?/m1/s1. The maximum absolute atomic E-state index is 12.9. The Bertz CT molecular complexity index is 1320. The highest BCUT2D eigenvalue weighted by atomic mass is 35.5. The number of aryl methyl sites for hydroxylation is 1. The van der Waals surface area contributed by atoms with Gasteiger partial charge in [0.2, 0.25) is 11.7 Å². The molecule has 0 bridgehead atoms. The van der Waals surface area contributed by atoms with Crippen molar-refractivity contribution < 1.29 is 23.5 Å². The average Bonchev–Trinajstić information content (AvgIpc) is 2.86. The quantitative estimate of drug-likeness (QED) is 0.226. The van der Waals surface area contributed by atoms with Gasteiger partial charge in [-0.3, -0.25) is 14.5 Å². The third kappa shape index (κ3) is 6.37. The van der Waals surface area contributed by atoms with Crippen LogP contribution in [0.1, 0.15) is 5.82 Å². The zero-order valence-corrected chi connectivity index (χ0v) is 23.4. The summed E-state index contributed by atoms with van der Waals surface area (Å²) < 4.78 is 1.86. The summed E-state index contributed by atoms with van der Waals surface area (Å²) in [5, 5.41) is 13.1. The molecule has 2 aliphatic heterocycles. The number of thioether (sulfide) groups is 2. The minimum Gasteiger partial charge on any atom is -0.477 e. The number of aromatic nitrogens is 2. The number of amides is 2. The van der Waals surface area contributed by atoms with Crippen molar-refractivity contribution in [3.05, 3.63) is 69.8 Å². The number of allylic oxidation sites excluding steroid dienone is 1. The van der Waals surface area contributed by atoms with Crippen molar-refractivity contribution in [3.8, 4) is 0 Å². The van der Waals surface area contributed by atoms with Crippen LogP contribution in [0.5, 0.6) is 0 Å². The number of aliphatic carboxylic acids is 1. The molecule has 37 heavy (non-hydrogen) atoms. The topological polar surface area (TPSA) is 130 Å². The average molecular weight is 600 g/mol. The second-order valence-corrected chi connectivity index (χ2v) is 11.9. The van der Waals surface area contributed by atoms with Crippen LogP contribution in [0.4, 0.5) is 5.82 Å². The second-order valence-electron chi connectivity index (χ2n) is 7.92. The van der Waals surface area contributed by atoms with Crippen LogP contribution in [0, 0.1) is 6.92 Å². The number of anilines is 1. The van der Waals surface area contributed by atoms with E-state index in [1.165, 1.54) is 40.4 Å². The number of carbonyl (C=O) groups excluding carboxylic acids is 2. The molecule has 194 valence electrons. The second kappa shape index (κ2) is 12.0. The number of β-lactam (4-membered cyclic amide) rings is 1. The highest BCUT2D eigenvalue weighted by Gasteiger charge is 2.53. The van der Waals surface area contributed by atoms with Crippen molar-refractivity contribution in [2.45, 2.75) is 23.2 Å². The third-order valence-electron chi connectivity index (χ3n) is 5.39. The van der Waals surface area contributed by atoms with Gasteiger partial charge in [0.25, 0.3) is 5.91 Å². The maximum Gasteiger partial charge on any atom is 0.352 e. The van der Waals surface area contributed by atoms with Gasteiger partial charge < -0.3 is 16.2 Å². The van der Waals surface area contributed by atoms with Crippen LogP contribution in [0.15, 0.2) is 58.8 Å². The molecular formula is C23H22Cl2N5O4S3+. The van der Waals surface area contributed by atoms with Crippen LogP contribution in [-0.4, -0.2) is 61.4 Å². The number of nitrogens with zero attached hydrogens (tertiary/aromatic N) is 3. The largest absolute Gasteiger partial charge is 0.477 e. The van der Waals surface area contributed by atoms with Gasteiger partial charge in [0.05, 0.1) is 28.5 Å². The van der Waals surface area contributed by atoms with E-state index in [0.717, 1.165) is 5.82 Å². The maximum atomic E-state index is 12.9. The summed E-state index contributed by atoms with van der Waals surface area (Å²) in [5.74, 6) is 0.182. The van der Waals surface area contributed by atoms with E-state index < -0.39 is 23.3 Å². The molecule has 2 amide bonds. The number of nitrogens with two attached hydrogens (primary N) is 1. The molecule has 0 aliphatic carbocycles. The lowest BCUT2D eigenvalue weighted by atomic mass is 10.0. The Balaban J connectivity index is 1.36. The molecule has 0 saturated carbocycles. The fourth-order valence-corrected chi connectivity index (χ4v) is 7.03. The molecule has 14 heteroatoms. The first kappa shape index (κ1) is 27.6. The van der Waals surface area contributed by atoms with E-state index in [0.29, 0.717) is 37.8 Å². The van der Waals surface area contributed by atoms with Crippen molar-refractivity contribution in [1.29, 1.82) is 0 Å². The fraction of sp³-hybridized carbons (Fsp3) is 0.261. The van der Waals surface area contributed by atoms with Gasteiger partial charge in [-0.1, -0.05) is 35.4 Å². The van der Waals surface area contributed by atoms with Crippen LogP contribution >= 0.6 is 58.7 Å². The number of halogens is 2. The molecule has 0 radical (unpaired) electrons. The molecule has 3 heterocycles. The lowest BCUT2D eigenvalue weighted by Gasteiger charge is -2.49. The molecule has 2 aromatic rings. The Labute approximate surface area is 236 Å². The molecule has 0 spiro atoms. The Morgan fingerprint density at radius 2 is 2.16 bits per heavy atom. The predicted molar refractivity (Wildman–Crippen MR) is 147 cm³/mol. The Morgan fingerprint density at radius 3 is 2.89 bits per heavy atom. The van der Waals surface area contributed by atoms with E-state index in [9.17, 15) is 19.5 Å². The highest BCUT2D eigenvalue weighted by Crippen LogP contribution is 2.40. The first-order chi connectivity index (χ1) is 17.7. The third-order valence-corrected chi connectivity index (χ3v) is 9.43. The van der Waals surface area contributed by atoms with Crippen LogP contribution in [0.3, 0.4) is 0 Å². The minimum atomic E-state index is -1.19. The normalized spacial score (nSPS) is 19.1. The van der Waals surface area contributed by atoms with E-state index in [-0.39, 0.29) is 17.4 Å². The lowest BCUT2D eigenvalue weighted by Crippen LogP contribution is -2.70. The van der Waals surface area contributed by atoms with Crippen molar-refractivity contribution in [2.75, 3.05) is 23.0 Å². The number of fused-ring (bicyclic) bond motifs is 1. The van der Waals surface area contributed by atoms with Crippen molar-refractivity contribution >= 4 is 82.3 Å². The summed E-state index contributed by atoms with van der Waals surface area (Å²) in [6, 6.07) is 5.88. The van der Waals surface area contributed by atoms with Crippen LogP contribution in [0.25, 0.3) is 0 Å². The van der Waals surface area contributed by atoms with Crippen LogP contribution < -0.4 is 15.0 Å². The van der Waals surface area contributed by atoms with E-state index in [4.69, 9.17) is 28.9 Å². The fourth-order valence-electron chi connectivity index (χ4n) is 3.69.